The van der Waals surface area contributed by atoms with Crippen LogP contribution in [-0.2, 0) is 0 Å². The molecule has 3 N–H and O–H groups in total. The van der Waals surface area contributed by atoms with Crippen LogP contribution in [0, 0.1) is 10.1 Å². The second-order valence-corrected chi connectivity index (χ2v) is 3.51. The number of ether oxygens (including phenoxy) is 1. The van der Waals surface area contributed by atoms with Gasteiger partial charge in [0.15, 0.2) is 5.75 Å². The van der Waals surface area contributed by atoms with Crippen molar-refractivity contribution in [3.8, 4) is 5.75 Å². The Hall–Kier alpha value is -1.37. The van der Waals surface area contributed by atoms with Crippen molar-refractivity contribution in [1.82, 2.24) is 0 Å². The van der Waals surface area contributed by atoms with Crippen molar-refractivity contribution in [2.75, 3.05) is 13.2 Å². The summed E-state index contributed by atoms with van der Waals surface area (Å²) in [6.07, 6.45) is -0.852. The molecule has 0 amide bonds. The summed E-state index contributed by atoms with van der Waals surface area (Å²) in [4.78, 5) is 10.1. The number of halogens is 1. The number of aliphatic hydroxyl groups is 1. The molecular weight excluding hydrogens is 236 g/mol. The van der Waals surface area contributed by atoms with Crippen LogP contribution in [0.25, 0.3) is 0 Å². The smallest absolute Gasteiger partial charge is 0.312 e. The largest absolute Gasteiger partial charge is 0.484 e. The normalized spacial score (nSPS) is 12.2. The zero-order chi connectivity index (χ0) is 12.1. The van der Waals surface area contributed by atoms with Gasteiger partial charge in [-0.2, -0.15) is 0 Å². The number of hydrogen-bond donors (Lipinski definition) is 2. The van der Waals surface area contributed by atoms with Gasteiger partial charge in [-0.25, -0.2) is 0 Å². The molecular formula is C9H11ClN2O4. The summed E-state index contributed by atoms with van der Waals surface area (Å²) < 4.78 is 5.08. The third-order valence-corrected chi connectivity index (χ3v) is 2.06. The van der Waals surface area contributed by atoms with E-state index >= 15 is 0 Å². The fraction of sp³-hybridized carbons (Fsp3) is 0.333. The summed E-state index contributed by atoms with van der Waals surface area (Å²) in [5, 5.41) is 20.1. The number of aliphatic hydroxyl groups excluding tert-OH is 1. The Balaban J connectivity index is 2.82. The monoisotopic (exact) mass is 246 g/mol. The Morgan fingerprint density at radius 2 is 2.31 bits per heavy atom. The van der Waals surface area contributed by atoms with Gasteiger partial charge in [-0.15, -0.1) is 0 Å². The van der Waals surface area contributed by atoms with Gasteiger partial charge in [0.2, 0.25) is 0 Å². The minimum Gasteiger partial charge on any atom is -0.484 e. The maximum absolute atomic E-state index is 10.7. The number of nitro benzene ring substituents is 1. The fourth-order valence-electron chi connectivity index (χ4n) is 1.01. The zero-order valence-electron chi connectivity index (χ0n) is 8.30. The van der Waals surface area contributed by atoms with Crippen LogP contribution < -0.4 is 10.5 Å². The van der Waals surface area contributed by atoms with E-state index < -0.39 is 11.0 Å². The lowest BCUT2D eigenvalue weighted by Crippen LogP contribution is -2.26. The second-order valence-electron chi connectivity index (χ2n) is 3.07. The van der Waals surface area contributed by atoms with Crippen LogP contribution in [0.15, 0.2) is 18.2 Å². The van der Waals surface area contributed by atoms with Crippen molar-refractivity contribution in [3.63, 3.8) is 0 Å². The van der Waals surface area contributed by atoms with Crippen molar-refractivity contribution in [2.24, 2.45) is 5.73 Å². The molecule has 0 radical (unpaired) electrons. The molecule has 16 heavy (non-hydrogen) atoms. The molecule has 1 aromatic carbocycles. The molecule has 0 aromatic heterocycles. The SMILES string of the molecule is NCC(O)COc1ccc(Cl)cc1[N+](=O)[O-]. The zero-order valence-corrected chi connectivity index (χ0v) is 9.05. The number of rotatable bonds is 5. The standard InChI is InChI=1S/C9H11ClN2O4/c10-6-1-2-9(8(3-6)12(14)15)16-5-7(13)4-11/h1-3,7,13H,4-5,11H2. The lowest BCUT2D eigenvalue weighted by Gasteiger charge is -2.10. The Kier molecular flexibility index (Phi) is 4.48. The van der Waals surface area contributed by atoms with E-state index in [1.54, 1.807) is 0 Å². The summed E-state index contributed by atoms with van der Waals surface area (Å²) in [5.74, 6) is 0.0573. The van der Waals surface area contributed by atoms with E-state index in [0.717, 1.165) is 0 Å². The van der Waals surface area contributed by atoms with E-state index in [0.29, 0.717) is 0 Å². The van der Waals surface area contributed by atoms with Crippen LogP contribution in [0.2, 0.25) is 5.02 Å². The van der Waals surface area contributed by atoms with Crippen molar-refractivity contribution >= 4 is 17.3 Å². The molecule has 1 unspecified atom stereocenters. The van der Waals surface area contributed by atoms with E-state index in [2.05, 4.69) is 0 Å². The van der Waals surface area contributed by atoms with Gasteiger partial charge in [0.05, 0.1) is 4.92 Å². The molecule has 88 valence electrons. The Morgan fingerprint density at radius 3 is 2.88 bits per heavy atom. The highest BCUT2D eigenvalue weighted by Crippen LogP contribution is 2.29. The molecule has 0 fully saturated rings. The lowest BCUT2D eigenvalue weighted by molar-refractivity contribution is -0.385. The van der Waals surface area contributed by atoms with E-state index in [9.17, 15) is 10.1 Å². The molecule has 1 aromatic rings. The van der Waals surface area contributed by atoms with Crippen LogP contribution in [0.5, 0.6) is 5.75 Å². The first-order valence-corrected chi connectivity index (χ1v) is 4.87. The molecule has 1 rings (SSSR count). The molecule has 0 aliphatic heterocycles. The van der Waals surface area contributed by atoms with E-state index in [4.69, 9.17) is 27.2 Å². The maximum Gasteiger partial charge on any atom is 0.312 e. The van der Waals surface area contributed by atoms with Gasteiger partial charge in [-0.3, -0.25) is 10.1 Å². The van der Waals surface area contributed by atoms with Crippen LogP contribution in [0.3, 0.4) is 0 Å². The van der Waals surface area contributed by atoms with Gasteiger partial charge in [-0.1, -0.05) is 11.6 Å². The van der Waals surface area contributed by atoms with Gasteiger partial charge >= 0.3 is 5.69 Å². The van der Waals surface area contributed by atoms with Crippen molar-refractivity contribution in [1.29, 1.82) is 0 Å². The average molecular weight is 247 g/mol. The first-order valence-electron chi connectivity index (χ1n) is 4.49. The molecule has 0 saturated heterocycles. The topological polar surface area (TPSA) is 98.6 Å². The molecule has 0 spiro atoms. The highest BCUT2D eigenvalue weighted by atomic mass is 35.5. The fourth-order valence-corrected chi connectivity index (χ4v) is 1.18. The molecule has 0 aliphatic carbocycles. The first-order chi connectivity index (χ1) is 7.54. The third kappa shape index (κ3) is 3.34. The summed E-state index contributed by atoms with van der Waals surface area (Å²) in [5.41, 5.74) is 4.93. The number of nitrogens with zero attached hydrogens (tertiary/aromatic N) is 1. The first kappa shape index (κ1) is 12.7. The van der Waals surface area contributed by atoms with E-state index in [-0.39, 0.29) is 29.6 Å². The lowest BCUT2D eigenvalue weighted by atomic mass is 10.3. The van der Waals surface area contributed by atoms with Crippen LogP contribution in [0.1, 0.15) is 0 Å². The summed E-state index contributed by atoms with van der Waals surface area (Å²) in [7, 11) is 0. The number of nitro groups is 1. The maximum atomic E-state index is 10.7. The van der Waals surface area contributed by atoms with Gasteiger partial charge in [-0.05, 0) is 12.1 Å². The number of benzene rings is 1. The minimum absolute atomic E-state index is 0.0292. The minimum atomic E-state index is -0.852. The molecule has 6 nitrogen and oxygen atoms in total. The van der Waals surface area contributed by atoms with Crippen LogP contribution in [-0.4, -0.2) is 29.3 Å². The van der Waals surface area contributed by atoms with Gasteiger partial charge in [0.25, 0.3) is 0 Å². The summed E-state index contributed by atoms with van der Waals surface area (Å²) in [6.45, 7) is -0.0691. The van der Waals surface area contributed by atoms with Gasteiger partial charge in [0, 0.05) is 17.6 Å². The second kappa shape index (κ2) is 5.64. The predicted molar refractivity (Wildman–Crippen MR) is 58.7 cm³/mol. The Morgan fingerprint density at radius 1 is 1.62 bits per heavy atom. The summed E-state index contributed by atoms with van der Waals surface area (Å²) >= 11 is 5.62. The van der Waals surface area contributed by atoms with Crippen molar-refractivity contribution in [2.45, 2.75) is 6.10 Å². The van der Waals surface area contributed by atoms with Crippen LogP contribution >= 0.6 is 11.6 Å². The van der Waals surface area contributed by atoms with Crippen molar-refractivity contribution < 1.29 is 14.8 Å². The Bertz CT molecular complexity index is 386. The number of hydrogen-bond acceptors (Lipinski definition) is 5. The highest BCUT2D eigenvalue weighted by Gasteiger charge is 2.16. The third-order valence-electron chi connectivity index (χ3n) is 1.82. The highest BCUT2D eigenvalue weighted by molar-refractivity contribution is 6.30. The molecule has 1 atom stereocenters. The number of nitrogens with two attached hydrogens (primary N) is 1. The molecule has 0 saturated carbocycles. The molecule has 0 aliphatic rings. The predicted octanol–water partition coefficient (Wildman–Crippen LogP) is 0.947. The average Bonchev–Trinajstić information content (AvgIpc) is 2.26. The quantitative estimate of drug-likeness (QED) is 0.595. The van der Waals surface area contributed by atoms with E-state index in [1.807, 2.05) is 0 Å². The summed E-state index contributed by atoms with van der Waals surface area (Å²) in [6, 6.07) is 4.04. The Labute approximate surface area is 96.7 Å². The van der Waals surface area contributed by atoms with Crippen molar-refractivity contribution in [3.05, 3.63) is 33.3 Å². The van der Waals surface area contributed by atoms with Crippen LogP contribution in [0.4, 0.5) is 5.69 Å². The van der Waals surface area contributed by atoms with Gasteiger partial charge in [0.1, 0.15) is 12.7 Å². The van der Waals surface area contributed by atoms with E-state index in [1.165, 1.54) is 18.2 Å². The molecule has 7 heteroatoms. The van der Waals surface area contributed by atoms with Gasteiger partial charge < -0.3 is 15.6 Å². The molecule has 0 heterocycles. The molecule has 0 bridgehead atoms.